The molecule has 0 amide bonds. The lowest BCUT2D eigenvalue weighted by Crippen LogP contribution is -2.01. The van der Waals surface area contributed by atoms with Crippen LogP contribution < -0.4 is 9.47 Å². The van der Waals surface area contributed by atoms with Gasteiger partial charge in [-0.2, -0.15) is 5.26 Å². The first-order valence-electron chi connectivity index (χ1n) is 6.88. The maximum absolute atomic E-state index is 8.82. The number of rotatable bonds is 7. The fourth-order valence-corrected chi connectivity index (χ4v) is 3.05. The zero-order valence-electron chi connectivity index (χ0n) is 12.3. The molecule has 2 aromatic rings. The third-order valence-electron chi connectivity index (χ3n) is 3.02. The van der Waals surface area contributed by atoms with Gasteiger partial charge in [-0.15, -0.1) is 11.3 Å². The van der Waals surface area contributed by atoms with Crippen LogP contribution in [-0.2, 0) is 19.3 Å². The van der Waals surface area contributed by atoms with Crippen LogP contribution in [0.2, 0.25) is 0 Å². The molecule has 4 nitrogen and oxygen atoms in total. The van der Waals surface area contributed by atoms with E-state index in [1.165, 1.54) is 0 Å². The summed E-state index contributed by atoms with van der Waals surface area (Å²) in [5.41, 5.74) is 1.04. The largest absolute Gasteiger partial charge is 0.497 e. The Hall–Kier alpha value is -2.06. The van der Waals surface area contributed by atoms with Gasteiger partial charge in [0.25, 0.3) is 0 Å². The quantitative estimate of drug-likeness (QED) is 0.786. The molecular weight excluding hydrogens is 284 g/mol. The number of hydrogen-bond donors (Lipinski definition) is 0. The number of methoxy groups -OCH3 is 1. The SMILES string of the molecule is CCc1nc(CCOc2cccc(OC)c2)sc1CC#N. The van der Waals surface area contributed by atoms with Gasteiger partial charge in [0, 0.05) is 17.4 Å². The van der Waals surface area contributed by atoms with Crippen LogP contribution in [-0.4, -0.2) is 18.7 Å². The fourth-order valence-electron chi connectivity index (χ4n) is 1.98. The van der Waals surface area contributed by atoms with E-state index in [1.807, 2.05) is 24.3 Å². The molecule has 0 unspecified atom stereocenters. The number of hydrogen-bond acceptors (Lipinski definition) is 5. The number of aromatic nitrogens is 1. The summed E-state index contributed by atoms with van der Waals surface area (Å²) in [7, 11) is 1.64. The molecule has 0 fully saturated rings. The molecule has 1 aromatic heterocycles. The molecule has 1 heterocycles. The van der Waals surface area contributed by atoms with Gasteiger partial charge in [0.1, 0.15) is 11.5 Å². The first-order valence-corrected chi connectivity index (χ1v) is 7.69. The first-order chi connectivity index (χ1) is 10.3. The molecule has 0 N–H and O–H groups in total. The zero-order chi connectivity index (χ0) is 15.1. The van der Waals surface area contributed by atoms with E-state index in [0.717, 1.165) is 39.9 Å². The molecule has 0 aliphatic rings. The first kappa shape index (κ1) is 15.3. The Bertz CT molecular complexity index is 631. The second kappa shape index (κ2) is 7.65. The molecule has 0 atom stereocenters. The van der Waals surface area contributed by atoms with Crippen LogP contribution in [0.4, 0.5) is 0 Å². The summed E-state index contributed by atoms with van der Waals surface area (Å²) >= 11 is 1.61. The fraction of sp³-hybridized carbons (Fsp3) is 0.375. The van der Waals surface area contributed by atoms with Gasteiger partial charge in [0.15, 0.2) is 0 Å². The van der Waals surface area contributed by atoms with Crippen molar-refractivity contribution in [2.75, 3.05) is 13.7 Å². The van der Waals surface area contributed by atoms with Crippen LogP contribution in [0.15, 0.2) is 24.3 Å². The van der Waals surface area contributed by atoms with Crippen LogP contribution in [0, 0.1) is 11.3 Å². The molecular formula is C16H18N2O2S. The van der Waals surface area contributed by atoms with E-state index < -0.39 is 0 Å². The number of ether oxygens (including phenoxy) is 2. The summed E-state index contributed by atoms with van der Waals surface area (Å²) in [5.74, 6) is 1.57. The molecule has 21 heavy (non-hydrogen) atoms. The Balaban J connectivity index is 1.92. The monoisotopic (exact) mass is 302 g/mol. The standard InChI is InChI=1S/C16H18N2O2S/c1-3-14-15(7-9-17)21-16(18-14)8-10-20-13-6-4-5-12(11-13)19-2/h4-6,11H,3,7-8,10H2,1-2H3. The average molecular weight is 302 g/mol. The molecule has 110 valence electrons. The summed E-state index contributed by atoms with van der Waals surface area (Å²) in [6.07, 6.45) is 2.06. The van der Waals surface area contributed by atoms with Gasteiger partial charge < -0.3 is 9.47 Å². The van der Waals surface area contributed by atoms with Gasteiger partial charge in [-0.25, -0.2) is 4.98 Å². The predicted octanol–water partition coefficient (Wildman–Crippen LogP) is 3.40. The van der Waals surface area contributed by atoms with E-state index in [1.54, 1.807) is 18.4 Å². The van der Waals surface area contributed by atoms with Crippen molar-refractivity contribution >= 4 is 11.3 Å². The number of thiazole rings is 1. The van der Waals surface area contributed by atoms with Gasteiger partial charge >= 0.3 is 0 Å². The highest BCUT2D eigenvalue weighted by Gasteiger charge is 2.09. The number of benzene rings is 1. The van der Waals surface area contributed by atoms with Crippen molar-refractivity contribution in [3.63, 3.8) is 0 Å². The summed E-state index contributed by atoms with van der Waals surface area (Å²) in [4.78, 5) is 5.65. The highest BCUT2D eigenvalue weighted by atomic mass is 32.1. The van der Waals surface area contributed by atoms with Crippen molar-refractivity contribution in [3.05, 3.63) is 39.8 Å². The number of aryl methyl sites for hydroxylation is 1. The highest BCUT2D eigenvalue weighted by molar-refractivity contribution is 7.11. The van der Waals surface area contributed by atoms with Crippen molar-refractivity contribution in [1.29, 1.82) is 5.26 Å². The van der Waals surface area contributed by atoms with E-state index in [2.05, 4.69) is 18.0 Å². The summed E-state index contributed by atoms with van der Waals surface area (Å²) in [6.45, 7) is 2.63. The molecule has 5 heteroatoms. The van der Waals surface area contributed by atoms with Crippen molar-refractivity contribution < 1.29 is 9.47 Å². The van der Waals surface area contributed by atoms with Crippen molar-refractivity contribution in [1.82, 2.24) is 4.98 Å². The molecule has 0 radical (unpaired) electrons. The second-order valence-electron chi connectivity index (χ2n) is 4.44. The maximum atomic E-state index is 8.82. The Morgan fingerprint density at radius 2 is 2.14 bits per heavy atom. The molecule has 0 saturated heterocycles. The van der Waals surface area contributed by atoms with Crippen LogP contribution in [0.25, 0.3) is 0 Å². The Morgan fingerprint density at radius 1 is 1.33 bits per heavy atom. The van der Waals surface area contributed by atoms with Gasteiger partial charge in [0.05, 0.1) is 36.9 Å². The lowest BCUT2D eigenvalue weighted by molar-refractivity contribution is 0.318. The van der Waals surface area contributed by atoms with Gasteiger partial charge in [0.2, 0.25) is 0 Å². The second-order valence-corrected chi connectivity index (χ2v) is 5.61. The molecule has 0 spiro atoms. The van der Waals surface area contributed by atoms with Crippen LogP contribution in [0.3, 0.4) is 0 Å². The van der Waals surface area contributed by atoms with E-state index in [4.69, 9.17) is 14.7 Å². The minimum atomic E-state index is 0.442. The highest BCUT2D eigenvalue weighted by Crippen LogP contribution is 2.22. The van der Waals surface area contributed by atoms with E-state index >= 15 is 0 Å². The third kappa shape index (κ3) is 4.20. The topological polar surface area (TPSA) is 55.1 Å². The zero-order valence-corrected chi connectivity index (χ0v) is 13.1. The van der Waals surface area contributed by atoms with Gasteiger partial charge in [-0.05, 0) is 18.6 Å². The minimum Gasteiger partial charge on any atom is -0.497 e. The lowest BCUT2D eigenvalue weighted by atomic mass is 10.2. The molecule has 0 bridgehead atoms. The minimum absolute atomic E-state index is 0.442. The van der Waals surface area contributed by atoms with Gasteiger partial charge in [-0.3, -0.25) is 0 Å². The predicted molar refractivity (Wildman–Crippen MR) is 83.0 cm³/mol. The molecule has 0 saturated carbocycles. The smallest absolute Gasteiger partial charge is 0.123 e. The molecule has 0 aliphatic carbocycles. The summed E-state index contributed by atoms with van der Waals surface area (Å²) < 4.78 is 10.9. The average Bonchev–Trinajstić information content (AvgIpc) is 2.90. The van der Waals surface area contributed by atoms with Crippen LogP contribution >= 0.6 is 11.3 Å². The number of nitrogens with zero attached hydrogens (tertiary/aromatic N) is 2. The maximum Gasteiger partial charge on any atom is 0.123 e. The van der Waals surface area contributed by atoms with Crippen LogP contribution in [0.5, 0.6) is 11.5 Å². The summed E-state index contributed by atoms with van der Waals surface area (Å²) in [6, 6.07) is 9.74. The van der Waals surface area contributed by atoms with Crippen molar-refractivity contribution in [2.24, 2.45) is 0 Å². The third-order valence-corrected chi connectivity index (χ3v) is 4.18. The molecule has 2 rings (SSSR count). The molecule has 0 aliphatic heterocycles. The molecule has 1 aromatic carbocycles. The Morgan fingerprint density at radius 3 is 2.86 bits per heavy atom. The number of nitriles is 1. The Labute approximate surface area is 129 Å². The van der Waals surface area contributed by atoms with Crippen molar-refractivity contribution in [2.45, 2.75) is 26.2 Å². The van der Waals surface area contributed by atoms with E-state index in [-0.39, 0.29) is 0 Å². The van der Waals surface area contributed by atoms with Crippen molar-refractivity contribution in [3.8, 4) is 17.6 Å². The Kier molecular flexibility index (Phi) is 5.59. The van der Waals surface area contributed by atoms with E-state index in [0.29, 0.717) is 13.0 Å². The van der Waals surface area contributed by atoms with E-state index in [9.17, 15) is 0 Å². The lowest BCUT2D eigenvalue weighted by Gasteiger charge is -2.06. The summed E-state index contributed by atoms with van der Waals surface area (Å²) in [5, 5.41) is 9.84. The van der Waals surface area contributed by atoms with Crippen LogP contribution in [0.1, 0.15) is 22.5 Å². The normalized spacial score (nSPS) is 10.1. The van der Waals surface area contributed by atoms with Gasteiger partial charge in [-0.1, -0.05) is 13.0 Å².